The fraction of sp³-hybridized carbons (Fsp3) is 0.833. The molecule has 5 heteroatoms. The highest BCUT2D eigenvalue weighted by atomic mass is 16.7. The number of aliphatic hydroxyl groups is 1. The summed E-state index contributed by atoms with van der Waals surface area (Å²) in [6, 6.07) is 0. The second-order valence-corrected chi connectivity index (χ2v) is 5.53. The first kappa shape index (κ1) is 14.5. The van der Waals surface area contributed by atoms with Crippen molar-refractivity contribution >= 4 is 7.32 Å². The van der Waals surface area contributed by atoms with Crippen LogP contribution in [0.3, 0.4) is 0 Å². The standard InChI is InChI=1S/C12H23BO4/c1-11(2,14)12(3,4)17-13(15)16-10-8-6-5-7-9-10/h8,14-15H,5-7,9H2,1-4H3. The van der Waals surface area contributed by atoms with Crippen LogP contribution in [-0.4, -0.2) is 28.7 Å². The minimum atomic E-state index is -1.33. The minimum Gasteiger partial charge on any atom is -0.516 e. The van der Waals surface area contributed by atoms with Crippen LogP contribution in [0.15, 0.2) is 11.8 Å². The molecule has 1 rings (SSSR count). The van der Waals surface area contributed by atoms with Crippen LogP contribution in [0.2, 0.25) is 0 Å². The average molecular weight is 242 g/mol. The maximum atomic E-state index is 9.89. The molecule has 98 valence electrons. The summed E-state index contributed by atoms with van der Waals surface area (Å²) in [5.74, 6) is 0.773. The van der Waals surface area contributed by atoms with E-state index < -0.39 is 18.5 Å². The summed E-state index contributed by atoms with van der Waals surface area (Å²) < 4.78 is 10.7. The Labute approximate surface area is 104 Å². The lowest BCUT2D eigenvalue weighted by molar-refractivity contribution is -0.110. The number of hydrogen-bond donors (Lipinski definition) is 2. The second kappa shape index (κ2) is 5.42. The van der Waals surface area contributed by atoms with Gasteiger partial charge in [0.1, 0.15) is 0 Å². The van der Waals surface area contributed by atoms with Gasteiger partial charge in [0.15, 0.2) is 0 Å². The molecule has 17 heavy (non-hydrogen) atoms. The predicted octanol–water partition coefficient (Wildman–Crippen LogP) is 2.00. The topological polar surface area (TPSA) is 58.9 Å². The van der Waals surface area contributed by atoms with Gasteiger partial charge in [-0.1, -0.05) is 0 Å². The Hall–Kier alpha value is -0.515. The molecule has 0 aliphatic heterocycles. The third-order valence-electron chi connectivity index (χ3n) is 3.37. The Morgan fingerprint density at radius 1 is 1.24 bits per heavy atom. The van der Waals surface area contributed by atoms with Crippen LogP contribution < -0.4 is 0 Å². The van der Waals surface area contributed by atoms with Crippen molar-refractivity contribution in [3.05, 3.63) is 11.8 Å². The van der Waals surface area contributed by atoms with E-state index in [4.69, 9.17) is 9.31 Å². The van der Waals surface area contributed by atoms with E-state index in [1.165, 1.54) is 6.42 Å². The predicted molar refractivity (Wildman–Crippen MR) is 67.1 cm³/mol. The van der Waals surface area contributed by atoms with Crippen molar-refractivity contribution in [3.63, 3.8) is 0 Å². The summed E-state index contributed by atoms with van der Waals surface area (Å²) in [7, 11) is -1.33. The lowest BCUT2D eigenvalue weighted by Gasteiger charge is -2.37. The van der Waals surface area contributed by atoms with E-state index in [-0.39, 0.29) is 0 Å². The molecule has 0 aromatic rings. The zero-order chi connectivity index (χ0) is 13.1. The molecular formula is C12H23BO4. The molecule has 0 fully saturated rings. The third-order valence-corrected chi connectivity index (χ3v) is 3.37. The molecule has 1 aliphatic rings. The molecular weight excluding hydrogens is 219 g/mol. The van der Waals surface area contributed by atoms with Gasteiger partial charge in [-0.2, -0.15) is 0 Å². The van der Waals surface area contributed by atoms with E-state index in [1.54, 1.807) is 27.7 Å². The molecule has 0 saturated heterocycles. The van der Waals surface area contributed by atoms with Crippen molar-refractivity contribution in [2.75, 3.05) is 0 Å². The van der Waals surface area contributed by atoms with Crippen LogP contribution in [-0.2, 0) is 9.31 Å². The molecule has 0 heterocycles. The quantitative estimate of drug-likeness (QED) is 0.724. The van der Waals surface area contributed by atoms with Gasteiger partial charge in [-0.3, -0.25) is 0 Å². The normalized spacial score (nSPS) is 17.6. The third kappa shape index (κ3) is 4.34. The molecule has 0 amide bonds. The zero-order valence-corrected chi connectivity index (χ0v) is 11.2. The smallest absolute Gasteiger partial charge is 0.516 e. The number of rotatable bonds is 5. The van der Waals surface area contributed by atoms with Gasteiger partial charge in [-0.25, -0.2) is 0 Å². The zero-order valence-electron chi connectivity index (χ0n) is 11.2. The molecule has 0 aromatic carbocycles. The molecule has 0 unspecified atom stereocenters. The van der Waals surface area contributed by atoms with Crippen molar-refractivity contribution < 1.29 is 19.4 Å². The van der Waals surface area contributed by atoms with Gasteiger partial charge in [-0.05, 0) is 53.0 Å². The van der Waals surface area contributed by atoms with E-state index >= 15 is 0 Å². The molecule has 0 bridgehead atoms. The monoisotopic (exact) mass is 242 g/mol. The van der Waals surface area contributed by atoms with Crippen LogP contribution in [0.5, 0.6) is 0 Å². The van der Waals surface area contributed by atoms with Crippen molar-refractivity contribution in [1.82, 2.24) is 0 Å². The molecule has 0 aromatic heterocycles. The van der Waals surface area contributed by atoms with Crippen molar-refractivity contribution in [3.8, 4) is 0 Å². The molecule has 0 radical (unpaired) electrons. The van der Waals surface area contributed by atoms with Gasteiger partial charge in [0.2, 0.25) is 0 Å². The van der Waals surface area contributed by atoms with Crippen LogP contribution in [0.1, 0.15) is 53.4 Å². The Balaban J connectivity index is 2.49. The highest BCUT2D eigenvalue weighted by molar-refractivity contribution is 6.35. The molecule has 0 saturated carbocycles. The van der Waals surface area contributed by atoms with Gasteiger partial charge in [-0.15, -0.1) is 0 Å². The van der Waals surface area contributed by atoms with Gasteiger partial charge in [0, 0.05) is 6.42 Å². The minimum absolute atomic E-state index is 0.773. The van der Waals surface area contributed by atoms with Crippen molar-refractivity contribution in [2.45, 2.75) is 64.6 Å². The number of allylic oxidation sites excluding steroid dienone is 2. The maximum Gasteiger partial charge on any atom is 0.710 e. The first-order valence-electron chi connectivity index (χ1n) is 6.16. The van der Waals surface area contributed by atoms with Crippen LogP contribution >= 0.6 is 0 Å². The fourth-order valence-electron chi connectivity index (χ4n) is 1.47. The van der Waals surface area contributed by atoms with Crippen LogP contribution in [0.4, 0.5) is 0 Å². The Bertz CT molecular complexity index is 281. The lowest BCUT2D eigenvalue weighted by Crippen LogP contribution is -2.51. The van der Waals surface area contributed by atoms with Gasteiger partial charge in [0.05, 0.1) is 17.0 Å². The molecule has 0 atom stereocenters. The summed E-state index contributed by atoms with van der Waals surface area (Å²) in [5.41, 5.74) is -1.94. The summed E-state index contributed by atoms with van der Waals surface area (Å²) in [6.45, 7) is 6.71. The van der Waals surface area contributed by atoms with Crippen molar-refractivity contribution in [1.29, 1.82) is 0 Å². The molecule has 0 spiro atoms. The fourth-order valence-corrected chi connectivity index (χ4v) is 1.47. The first-order valence-corrected chi connectivity index (χ1v) is 6.16. The molecule has 4 nitrogen and oxygen atoms in total. The van der Waals surface area contributed by atoms with Gasteiger partial charge < -0.3 is 19.4 Å². The van der Waals surface area contributed by atoms with Crippen LogP contribution in [0.25, 0.3) is 0 Å². The highest BCUT2D eigenvalue weighted by Crippen LogP contribution is 2.26. The largest absolute Gasteiger partial charge is 0.710 e. The van der Waals surface area contributed by atoms with Gasteiger partial charge in [0.25, 0.3) is 0 Å². The first-order chi connectivity index (χ1) is 7.72. The SMILES string of the molecule is CC(C)(O)C(C)(C)OB(O)OC1=CCCCC1. The van der Waals surface area contributed by atoms with E-state index in [1.807, 2.05) is 6.08 Å². The van der Waals surface area contributed by atoms with Crippen LogP contribution in [0, 0.1) is 0 Å². The average Bonchev–Trinajstić information content (AvgIpc) is 2.16. The Morgan fingerprint density at radius 2 is 1.88 bits per heavy atom. The Kier molecular flexibility index (Phi) is 4.64. The number of hydrogen-bond acceptors (Lipinski definition) is 4. The Morgan fingerprint density at radius 3 is 2.35 bits per heavy atom. The lowest BCUT2D eigenvalue weighted by atomic mass is 9.88. The van der Waals surface area contributed by atoms with E-state index in [9.17, 15) is 10.1 Å². The van der Waals surface area contributed by atoms with E-state index in [2.05, 4.69) is 0 Å². The highest BCUT2D eigenvalue weighted by Gasteiger charge is 2.41. The van der Waals surface area contributed by atoms with E-state index in [0.29, 0.717) is 0 Å². The second-order valence-electron chi connectivity index (χ2n) is 5.53. The van der Waals surface area contributed by atoms with Gasteiger partial charge >= 0.3 is 7.32 Å². The summed E-state index contributed by atoms with van der Waals surface area (Å²) in [6.07, 6.45) is 6.04. The van der Waals surface area contributed by atoms with E-state index in [0.717, 1.165) is 25.0 Å². The molecule has 1 aliphatic carbocycles. The van der Waals surface area contributed by atoms with Crippen molar-refractivity contribution in [2.24, 2.45) is 0 Å². The molecule has 2 N–H and O–H groups in total. The maximum absolute atomic E-state index is 9.89. The summed E-state index contributed by atoms with van der Waals surface area (Å²) in [4.78, 5) is 0. The summed E-state index contributed by atoms with van der Waals surface area (Å²) in [5, 5.41) is 19.6. The summed E-state index contributed by atoms with van der Waals surface area (Å²) >= 11 is 0.